The average molecular weight is 176 g/mol. The van der Waals surface area contributed by atoms with Gasteiger partial charge in [-0.3, -0.25) is 0 Å². The molecule has 0 fully saturated rings. The second-order valence-corrected chi connectivity index (χ2v) is 3.23. The SMILES string of the molecule is C=Cc1ccc(C(C)COC)cc1. The lowest BCUT2D eigenvalue weighted by Gasteiger charge is -2.10. The average Bonchev–Trinajstić information content (AvgIpc) is 2.18. The molecule has 13 heavy (non-hydrogen) atoms. The van der Waals surface area contributed by atoms with Gasteiger partial charge in [-0.15, -0.1) is 0 Å². The summed E-state index contributed by atoms with van der Waals surface area (Å²) in [5.41, 5.74) is 2.47. The Bertz CT molecular complexity index is 261. The van der Waals surface area contributed by atoms with Gasteiger partial charge in [-0.05, 0) is 11.1 Å². The standard InChI is InChI=1S/C12H16O/c1-4-11-5-7-12(8-6-11)10(2)9-13-3/h4-8,10H,1,9H2,2-3H3. The van der Waals surface area contributed by atoms with Crippen molar-refractivity contribution in [3.05, 3.63) is 42.0 Å². The van der Waals surface area contributed by atoms with Crippen molar-refractivity contribution in [2.75, 3.05) is 13.7 Å². The molecule has 0 bridgehead atoms. The molecule has 0 saturated heterocycles. The molecular weight excluding hydrogens is 160 g/mol. The van der Waals surface area contributed by atoms with Gasteiger partial charge in [0.15, 0.2) is 0 Å². The van der Waals surface area contributed by atoms with Crippen LogP contribution < -0.4 is 0 Å². The molecule has 1 unspecified atom stereocenters. The molecule has 1 rings (SSSR count). The summed E-state index contributed by atoms with van der Waals surface area (Å²) < 4.78 is 5.09. The first-order chi connectivity index (χ1) is 6.27. The number of benzene rings is 1. The quantitative estimate of drug-likeness (QED) is 0.685. The molecule has 0 aliphatic carbocycles. The highest BCUT2D eigenvalue weighted by Gasteiger charge is 2.03. The molecule has 1 heteroatoms. The summed E-state index contributed by atoms with van der Waals surface area (Å²) in [7, 11) is 1.73. The normalized spacial score (nSPS) is 12.5. The molecule has 70 valence electrons. The molecule has 0 aromatic heterocycles. The molecule has 0 spiro atoms. The molecule has 0 saturated carbocycles. The Morgan fingerprint density at radius 2 is 2.00 bits per heavy atom. The largest absolute Gasteiger partial charge is 0.384 e. The van der Waals surface area contributed by atoms with E-state index in [1.807, 2.05) is 6.08 Å². The smallest absolute Gasteiger partial charge is 0.0528 e. The maximum absolute atomic E-state index is 5.09. The number of ether oxygens (including phenoxy) is 1. The van der Waals surface area contributed by atoms with Crippen molar-refractivity contribution in [3.8, 4) is 0 Å². The minimum absolute atomic E-state index is 0.462. The van der Waals surface area contributed by atoms with E-state index in [1.54, 1.807) is 7.11 Å². The van der Waals surface area contributed by atoms with Gasteiger partial charge in [0.2, 0.25) is 0 Å². The summed E-state index contributed by atoms with van der Waals surface area (Å²) in [5.74, 6) is 0.462. The van der Waals surface area contributed by atoms with Crippen molar-refractivity contribution >= 4 is 6.08 Å². The highest BCUT2D eigenvalue weighted by Crippen LogP contribution is 2.16. The van der Waals surface area contributed by atoms with E-state index in [0.29, 0.717) is 5.92 Å². The fourth-order valence-corrected chi connectivity index (χ4v) is 1.31. The monoisotopic (exact) mass is 176 g/mol. The van der Waals surface area contributed by atoms with Crippen LogP contribution in [0.2, 0.25) is 0 Å². The lowest BCUT2D eigenvalue weighted by Crippen LogP contribution is -2.01. The van der Waals surface area contributed by atoms with E-state index in [2.05, 4.69) is 37.8 Å². The summed E-state index contributed by atoms with van der Waals surface area (Å²) in [5, 5.41) is 0. The molecular formula is C12H16O. The van der Waals surface area contributed by atoms with Crippen LogP contribution >= 0.6 is 0 Å². The van der Waals surface area contributed by atoms with E-state index in [-0.39, 0.29) is 0 Å². The molecule has 0 radical (unpaired) electrons. The Morgan fingerprint density at radius 3 is 2.46 bits per heavy atom. The highest BCUT2D eigenvalue weighted by molar-refractivity contribution is 5.47. The first kappa shape index (κ1) is 10.0. The third-order valence-electron chi connectivity index (χ3n) is 2.16. The van der Waals surface area contributed by atoms with Crippen molar-refractivity contribution < 1.29 is 4.74 Å². The first-order valence-electron chi connectivity index (χ1n) is 4.49. The van der Waals surface area contributed by atoms with Gasteiger partial charge in [0.05, 0.1) is 6.61 Å². The maximum Gasteiger partial charge on any atom is 0.0528 e. The van der Waals surface area contributed by atoms with Crippen molar-refractivity contribution in [2.45, 2.75) is 12.8 Å². The fraction of sp³-hybridized carbons (Fsp3) is 0.333. The number of methoxy groups -OCH3 is 1. The van der Waals surface area contributed by atoms with Gasteiger partial charge in [-0.25, -0.2) is 0 Å². The molecule has 1 nitrogen and oxygen atoms in total. The predicted octanol–water partition coefficient (Wildman–Crippen LogP) is 3.08. The molecule has 1 aromatic rings. The molecule has 0 aliphatic rings. The van der Waals surface area contributed by atoms with Crippen molar-refractivity contribution in [1.82, 2.24) is 0 Å². The molecule has 0 aliphatic heterocycles. The lowest BCUT2D eigenvalue weighted by molar-refractivity contribution is 0.184. The third kappa shape index (κ3) is 2.71. The van der Waals surface area contributed by atoms with Crippen molar-refractivity contribution in [2.24, 2.45) is 0 Å². The Labute approximate surface area is 80.0 Å². The van der Waals surface area contributed by atoms with Crippen LogP contribution in [0.15, 0.2) is 30.8 Å². The van der Waals surface area contributed by atoms with E-state index in [1.165, 1.54) is 5.56 Å². The van der Waals surface area contributed by atoms with Crippen LogP contribution in [-0.2, 0) is 4.74 Å². The molecule has 0 N–H and O–H groups in total. The number of hydrogen-bond acceptors (Lipinski definition) is 1. The topological polar surface area (TPSA) is 9.23 Å². The van der Waals surface area contributed by atoms with E-state index in [9.17, 15) is 0 Å². The first-order valence-corrected chi connectivity index (χ1v) is 4.49. The Balaban J connectivity index is 2.73. The summed E-state index contributed by atoms with van der Waals surface area (Å²) in [4.78, 5) is 0. The van der Waals surface area contributed by atoms with Gasteiger partial charge >= 0.3 is 0 Å². The minimum atomic E-state index is 0.462. The third-order valence-corrected chi connectivity index (χ3v) is 2.16. The van der Waals surface area contributed by atoms with Crippen molar-refractivity contribution in [1.29, 1.82) is 0 Å². The van der Waals surface area contributed by atoms with Crippen molar-refractivity contribution in [3.63, 3.8) is 0 Å². The zero-order chi connectivity index (χ0) is 9.68. The molecule has 0 amide bonds. The van der Waals surface area contributed by atoms with Crippen LogP contribution in [-0.4, -0.2) is 13.7 Å². The summed E-state index contributed by atoms with van der Waals surface area (Å²) in [6.07, 6.45) is 1.85. The van der Waals surface area contributed by atoms with Gasteiger partial charge in [0.1, 0.15) is 0 Å². The predicted molar refractivity (Wildman–Crippen MR) is 56.8 cm³/mol. The van der Waals surface area contributed by atoms with Gasteiger partial charge in [-0.1, -0.05) is 43.8 Å². The Hall–Kier alpha value is -1.08. The minimum Gasteiger partial charge on any atom is -0.384 e. The second kappa shape index (κ2) is 4.83. The molecule has 0 heterocycles. The maximum atomic E-state index is 5.09. The Morgan fingerprint density at radius 1 is 1.38 bits per heavy atom. The van der Waals surface area contributed by atoms with E-state index in [4.69, 9.17) is 4.74 Å². The lowest BCUT2D eigenvalue weighted by atomic mass is 10.0. The van der Waals surface area contributed by atoms with Crippen LogP contribution in [0.3, 0.4) is 0 Å². The van der Waals surface area contributed by atoms with Gasteiger partial charge in [0.25, 0.3) is 0 Å². The van der Waals surface area contributed by atoms with Crippen LogP contribution in [0.5, 0.6) is 0 Å². The summed E-state index contributed by atoms with van der Waals surface area (Å²) in [6.45, 7) is 6.65. The van der Waals surface area contributed by atoms with Gasteiger partial charge in [-0.2, -0.15) is 0 Å². The fourth-order valence-electron chi connectivity index (χ4n) is 1.31. The summed E-state index contributed by atoms with van der Waals surface area (Å²) in [6, 6.07) is 8.41. The number of rotatable bonds is 4. The zero-order valence-corrected chi connectivity index (χ0v) is 8.29. The van der Waals surface area contributed by atoms with Crippen LogP contribution in [0.25, 0.3) is 6.08 Å². The van der Waals surface area contributed by atoms with Crippen LogP contribution in [0.4, 0.5) is 0 Å². The highest BCUT2D eigenvalue weighted by atomic mass is 16.5. The van der Waals surface area contributed by atoms with E-state index >= 15 is 0 Å². The number of hydrogen-bond donors (Lipinski definition) is 0. The summed E-state index contributed by atoms with van der Waals surface area (Å²) >= 11 is 0. The molecule has 1 atom stereocenters. The van der Waals surface area contributed by atoms with Crippen LogP contribution in [0, 0.1) is 0 Å². The van der Waals surface area contributed by atoms with Crippen LogP contribution in [0.1, 0.15) is 24.0 Å². The van der Waals surface area contributed by atoms with E-state index in [0.717, 1.165) is 12.2 Å². The Kier molecular flexibility index (Phi) is 3.71. The van der Waals surface area contributed by atoms with E-state index < -0.39 is 0 Å². The zero-order valence-electron chi connectivity index (χ0n) is 8.29. The molecule has 1 aromatic carbocycles. The van der Waals surface area contributed by atoms with Gasteiger partial charge < -0.3 is 4.74 Å². The second-order valence-electron chi connectivity index (χ2n) is 3.23. The van der Waals surface area contributed by atoms with Gasteiger partial charge in [0, 0.05) is 13.0 Å².